The van der Waals surface area contributed by atoms with Gasteiger partial charge in [-0.15, -0.1) is 0 Å². The van der Waals surface area contributed by atoms with E-state index in [4.69, 9.17) is 10.8 Å². The Balaban J connectivity index is 2.79. The zero-order chi connectivity index (χ0) is 9.84. The standard InChI is InChI=1S/C9H15N3O/c1-6(10)8-3-4-11-9(5-8)12-7(2)13/h3-7,13H,10H2,1-2H3,(H,11,12). The fourth-order valence-corrected chi connectivity index (χ4v) is 1.02. The molecule has 0 bridgehead atoms. The van der Waals surface area contributed by atoms with Gasteiger partial charge in [-0.05, 0) is 31.5 Å². The Morgan fingerprint density at radius 3 is 2.77 bits per heavy atom. The van der Waals surface area contributed by atoms with Crippen LogP contribution in [0, 0.1) is 0 Å². The molecule has 0 amide bonds. The summed E-state index contributed by atoms with van der Waals surface area (Å²) in [6.07, 6.45) is 1.07. The van der Waals surface area contributed by atoms with Crippen LogP contribution in [0.2, 0.25) is 0 Å². The zero-order valence-corrected chi connectivity index (χ0v) is 7.86. The van der Waals surface area contributed by atoms with Gasteiger partial charge in [0, 0.05) is 12.2 Å². The van der Waals surface area contributed by atoms with E-state index >= 15 is 0 Å². The van der Waals surface area contributed by atoms with Crippen LogP contribution in [-0.4, -0.2) is 16.3 Å². The zero-order valence-electron chi connectivity index (χ0n) is 7.86. The lowest BCUT2D eigenvalue weighted by molar-refractivity contribution is 0.224. The molecule has 13 heavy (non-hydrogen) atoms. The first kappa shape index (κ1) is 9.95. The SMILES string of the molecule is CC(O)Nc1cc(C(C)N)ccn1. The number of hydrogen-bond donors (Lipinski definition) is 3. The number of nitrogens with zero attached hydrogens (tertiary/aromatic N) is 1. The number of aliphatic hydroxyl groups excluding tert-OH is 1. The molecular weight excluding hydrogens is 166 g/mol. The van der Waals surface area contributed by atoms with Gasteiger partial charge >= 0.3 is 0 Å². The molecule has 4 heteroatoms. The quantitative estimate of drug-likeness (QED) is 0.604. The normalized spacial score (nSPS) is 15.1. The third kappa shape index (κ3) is 3.01. The van der Waals surface area contributed by atoms with Crippen LogP contribution in [0.15, 0.2) is 18.3 Å². The van der Waals surface area contributed by atoms with Gasteiger partial charge in [-0.1, -0.05) is 0 Å². The molecule has 0 spiro atoms. The first-order chi connectivity index (χ1) is 6.09. The molecule has 1 heterocycles. The molecule has 0 aliphatic rings. The second kappa shape index (κ2) is 4.20. The minimum absolute atomic E-state index is 0.0162. The molecule has 0 saturated heterocycles. The first-order valence-corrected chi connectivity index (χ1v) is 4.25. The van der Waals surface area contributed by atoms with Crippen LogP contribution in [-0.2, 0) is 0 Å². The summed E-state index contributed by atoms with van der Waals surface area (Å²) in [4.78, 5) is 4.04. The van der Waals surface area contributed by atoms with Crippen molar-refractivity contribution < 1.29 is 5.11 Å². The lowest BCUT2D eigenvalue weighted by atomic mass is 10.1. The number of nitrogens with two attached hydrogens (primary N) is 1. The molecule has 0 aromatic carbocycles. The van der Waals surface area contributed by atoms with Gasteiger partial charge in [0.2, 0.25) is 0 Å². The third-order valence-electron chi connectivity index (χ3n) is 1.67. The minimum Gasteiger partial charge on any atom is -0.374 e. The maximum atomic E-state index is 9.05. The maximum absolute atomic E-state index is 9.05. The summed E-state index contributed by atoms with van der Waals surface area (Å²) in [6, 6.07) is 3.67. The highest BCUT2D eigenvalue weighted by Crippen LogP contribution is 2.12. The Bertz CT molecular complexity index is 273. The number of nitrogens with one attached hydrogen (secondary N) is 1. The molecule has 1 aromatic heterocycles. The molecule has 4 nitrogen and oxygen atoms in total. The summed E-state index contributed by atoms with van der Waals surface area (Å²) >= 11 is 0. The highest BCUT2D eigenvalue weighted by atomic mass is 16.3. The molecule has 4 N–H and O–H groups in total. The van der Waals surface area contributed by atoms with Gasteiger partial charge in [-0.25, -0.2) is 4.98 Å². The molecule has 2 atom stereocenters. The van der Waals surface area contributed by atoms with Crippen molar-refractivity contribution in [3.05, 3.63) is 23.9 Å². The molecular formula is C9H15N3O. The van der Waals surface area contributed by atoms with Crippen LogP contribution in [0.1, 0.15) is 25.5 Å². The van der Waals surface area contributed by atoms with Crippen molar-refractivity contribution in [3.63, 3.8) is 0 Å². The van der Waals surface area contributed by atoms with Crippen molar-refractivity contribution in [2.75, 3.05) is 5.32 Å². The Morgan fingerprint density at radius 2 is 2.23 bits per heavy atom. The van der Waals surface area contributed by atoms with Gasteiger partial charge in [-0.3, -0.25) is 0 Å². The van der Waals surface area contributed by atoms with Gasteiger partial charge in [0.25, 0.3) is 0 Å². The van der Waals surface area contributed by atoms with E-state index in [9.17, 15) is 0 Å². The van der Waals surface area contributed by atoms with Crippen molar-refractivity contribution >= 4 is 5.82 Å². The number of hydrogen-bond acceptors (Lipinski definition) is 4. The van der Waals surface area contributed by atoms with Gasteiger partial charge in [0.05, 0.1) is 0 Å². The summed E-state index contributed by atoms with van der Waals surface area (Å²) in [5, 5.41) is 11.8. The first-order valence-electron chi connectivity index (χ1n) is 4.25. The lowest BCUT2D eigenvalue weighted by Gasteiger charge is -2.10. The topological polar surface area (TPSA) is 71.2 Å². The highest BCUT2D eigenvalue weighted by Gasteiger charge is 2.02. The molecule has 2 unspecified atom stereocenters. The fraction of sp³-hybridized carbons (Fsp3) is 0.444. The molecule has 0 saturated carbocycles. The predicted octanol–water partition coefficient (Wildman–Crippen LogP) is 0.852. The Morgan fingerprint density at radius 1 is 1.54 bits per heavy atom. The van der Waals surface area contributed by atoms with E-state index in [1.807, 2.05) is 19.1 Å². The molecule has 0 fully saturated rings. The number of aromatic nitrogens is 1. The number of aliphatic hydroxyl groups is 1. The Labute approximate surface area is 77.8 Å². The molecule has 0 aliphatic heterocycles. The van der Waals surface area contributed by atoms with Gasteiger partial charge in [0.15, 0.2) is 0 Å². The molecule has 0 aliphatic carbocycles. The monoisotopic (exact) mass is 181 g/mol. The van der Waals surface area contributed by atoms with Crippen LogP contribution in [0.4, 0.5) is 5.82 Å². The molecule has 72 valence electrons. The van der Waals surface area contributed by atoms with Crippen LogP contribution in [0.25, 0.3) is 0 Å². The smallest absolute Gasteiger partial charge is 0.128 e. The van der Waals surface area contributed by atoms with E-state index in [1.165, 1.54) is 0 Å². The average Bonchev–Trinajstić information content (AvgIpc) is 2.03. The van der Waals surface area contributed by atoms with E-state index in [0.29, 0.717) is 5.82 Å². The largest absolute Gasteiger partial charge is 0.374 e. The number of rotatable bonds is 3. The van der Waals surface area contributed by atoms with Gasteiger partial charge < -0.3 is 16.2 Å². The lowest BCUT2D eigenvalue weighted by Crippen LogP contribution is -2.15. The maximum Gasteiger partial charge on any atom is 0.128 e. The van der Waals surface area contributed by atoms with Crippen LogP contribution in [0.3, 0.4) is 0 Å². The number of pyridine rings is 1. The minimum atomic E-state index is -0.601. The van der Waals surface area contributed by atoms with E-state index in [2.05, 4.69) is 10.3 Å². The van der Waals surface area contributed by atoms with Gasteiger partial charge in [0.1, 0.15) is 12.0 Å². The summed E-state index contributed by atoms with van der Waals surface area (Å²) in [7, 11) is 0. The van der Waals surface area contributed by atoms with Crippen LogP contribution < -0.4 is 11.1 Å². The van der Waals surface area contributed by atoms with Crippen LogP contribution in [0.5, 0.6) is 0 Å². The van der Waals surface area contributed by atoms with Crippen molar-refractivity contribution in [2.24, 2.45) is 5.73 Å². The Hall–Kier alpha value is -1.13. The highest BCUT2D eigenvalue weighted by molar-refractivity contribution is 5.38. The second-order valence-electron chi connectivity index (χ2n) is 3.08. The van der Waals surface area contributed by atoms with E-state index < -0.39 is 6.23 Å². The second-order valence-corrected chi connectivity index (χ2v) is 3.08. The molecule has 0 radical (unpaired) electrons. The van der Waals surface area contributed by atoms with Crippen molar-refractivity contribution in [1.29, 1.82) is 0 Å². The third-order valence-corrected chi connectivity index (χ3v) is 1.67. The summed E-state index contributed by atoms with van der Waals surface area (Å²) in [5.41, 5.74) is 6.69. The van der Waals surface area contributed by atoms with Gasteiger partial charge in [-0.2, -0.15) is 0 Å². The van der Waals surface area contributed by atoms with E-state index in [0.717, 1.165) is 5.56 Å². The van der Waals surface area contributed by atoms with Crippen LogP contribution >= 0.6 is 0 Å². The summed E-state index contributed by atoms with van der Waals surface area (Å²) in [6.45, 7) is 3.54. The summed E-state index contributed by atoms with van der Waals surface area (Å²) in [5.74, 6) is 0.643. The number of anilines is 1. The van der Waals surface area contributed by atoms with Crippen molar-refractivity contribution in [1.82, 2.24) is 4.98 Å². The predicted molar refractivity (Wildman–Crippen MR) is 52.1 cm³/mol. The van der Waals surface area contributed by atoms with Crippen molar-refractivity contribution in [2.45, 2.75) is 26.1 Å². The Kier molecular flexibility index (Phi) is 3.22. The van der Waals surface area contributed by atoms with E-state index in [1.54, 1.807) is 13.1 Å². The summed E-state index contributed by atoms with van der Waals surface area (Å²) < 4.78 is 0. The fourth-order valence-electron chi connectivity index (χ4n) is 1.02. The van der Waals surface area contributed by atoms with E-state index in [-0.39, 0.29) is 6.04 Å². The molecule has 1 rings (SSSR count). The average molecular weight is 181 g/mol. The molecule has 1 aromatic rings. The van der Waals surface area contributed by atoms with Crippen molar-refractivity contribution in [3.8, 4) is 0 Å².